The van der Waals surface area contributed by atoms with Crippen LogP contribution in [0.3, 0.4) is 0 Å². The van der Waals surface area contributed by atoms with E-state index < -0.39 is 11.6 Å². The second-order valence-electron chi connectivity index (χ2n) is 5.07. The molecule has 1 aliphatic heterocycles. The van der Waals surface area contributed by atoms with Crippen LogP contribution in [-0.2, 0) is 4.74 Å². The van der Waals surface area contributed by atoms with Crippen LogP contribution < -0.4 is 0 Å². The highest BCUT2D eigenvalue weighted by Gasteiger charge is 2.20. The van der Waals surface area contributed by atoms with Crippen molar-refractivity contribution in [1.82, 2.24) is 9.78 Å². The number of halogens is 2. The van der Waals surface area contributed by atoms with E-state index in [0.29, 0.717) is 13.0 Å². The van der Waals surface area contributed by atoms with Gasteiger partial charge in [0.15, 0.2) is 5.82 Å². The Bertz CT molecular complexity index is 721. The first-order valence-electron chi connectivity index (χ1n) is 7.18. The van der Waals surface area contributed by atoms with Gasteiger partial charge in [-0.2, -0.15) is 5.10 Å². The third-order valence-electron chi connectivity index (χ3n) is 3.55. The van der Waals surface area contributed by atoms with Crippen molar-refractivity contribution in [1.29, 1.82) is 0 Å². The molecule has 0 radical (unpaired) electrons. The fraction of sp³-hybridized carbons (Fsp3) is 0.438. The summed E-state index contributed by atoms with van der Waals surface area (Å²) in [6, 6.07) is 1.11. The minimum Gasteiger partial charge on any atom is -0.357 e. The lowest BCUT2D eigenvalue weighted by atomic mass is 10.1. The van der Waals surface area contributed by atoms with Crippen LogP contribution in [0.1, 0.15) is 44.4 Å². The molecule has 1 aliphatic rings. The van der Waals surface area contributed by atoms with Crippen LogP contribution >= 0.6 is 0 Å². The Morgan fingerprint density at radius 1 is 1.43 bits per heavy atom. The average Bonchev–Trinajstić information content (AvgIpc) is 2.96. The molecule has 0 N–H and O–H groups in total. The Labute approximate surface area is 121 Å². The molecule has 1 aromatic carbocycles. The van der Waals surface area contributed by atoms with E-state index in [4.69, 9.17) is 4.74 Å². The molecule has 2 heterocycles. The second kappa shape index (κ2) is 5.82. The van der Waals surface area contributed by atoms with Crippen molar-refractivity contribution in [3.63, 3.8) is 0 Å². The number of hydrogen-bond acceptors (Lipinski definition) is 2. The van der Waals surface area contributed by atoms with Crippen molar-refractivity contribution < 1.29 is 13.5 Å². The van der Waals surface area contributed by atoms with Crippen molar-refractivity contribution in [2.75, 3.05) is 6.61 Å². The summed E-state index contributed by atoms with van der Waals surface area (Å²) in [7, 11) is 0. The lowest BCUT2D eigenvalue weighted by Gasteiger charge is -2.22. The van der Waals surface area contributed by atoms with Crippen LogP contribution in [0.2, 0.25) is 0 Å². The Morgan fingerprint density at radius 2 is 2.29 bits per heavy atom. The molecule has 1 saturated heterocycles. The SMILES string of the molecule is CCC#Cc1cc(F)c2nn(C3CCCCO3)cc2c1F. The van der Waals surface area contributed by atoms with Gasteiger partial charge in [-0.05, 0) is 25.3 Å². The Balaban J connectivity index is 2.07. The van der Waals surface area contributed by atoms with Gasteiger partial charge in [0.25, 0.3) is 0 Å². The maximum atomic E-state index is 14.4. The summed E-state index contributed by atoms with van der Waals surface area (Å²) in [5.74, 6) is 4.34. The van der Waals surface area contributed by atoms with E-state index in [0.717, 1.165) is 25.3 Å². The maximum Gasteiger partial charge on any atom is 0.152 e. The molecule has 3 rings (SSSR count). The molecule has 1 unspecified atom stereocenters. The molecule has 0 saturated carbocycles. The lowest BCUT2D eigenvalue weighted by molar-refractivity contribution is -0.0391. The van der Waals surface area contributed by atoms with Crippen molar-refractivity contribution in [3.8, 4) is 11.8 Å². The molecule has 1 fully saturated rings. The minimum atomic E-state index is -0.554. The Hall–Kier alpha value is -1.93. The van der Waals surface area contributed by atoms with E-state index >= 15 is 0 Å². The first-order chi connectivity index (χ1) is 10.2. The summed E-state index contributed by atoms with van der Waals surface area (Å²) in [5.41, 5.74) is 0.106. The highest BCUT2D eigenvalue weighted by atomic mass is 19.1. The first-order valence-corrected chi connectivity index (χ1v) is 7.18. The number of rotatable bonds is 1. The molecule has 2 aromatic rings. The van der Waals surface area contributed by atoms with Crippen LogP contribution in [0.25, 0.3) is 10.9 Å². The molecule has 0 spiro atoms. The number of hydrogen-bond donors (Lipinski definition) is 0. The van der Waals surface area contributed by atoms with Gasteiger partial charge in [0.2, 0.25) is 0 Å². The van der Waals surface area contributed by atoms with E-state index in [9.17, 15) is 8.78 Å². The summed E-state index contributed by atoms with van der Waals surface area (Å²) < 4.78 is 35.6. The molecule has 1 aromatic heterocycles. The zero-order chi connectivity index (χ0) is 14.8. The molecule has 1 atom stereocenters. The summed E-state index contributed by atoms with van der Waals surface area (Å²) in [5, 5.41) is 4.30. The minimum absolute atomic E-state index is 0.0312. The van der Waals surface area contributed by atoms with Gasteiger partial charge in [-0.3, -0.25) is 0 Å². The topological polar surface area (TPSA) is 27.1 Å². The van der Waals surface area contributed by atoms with E-state index in [1.54, 1.807) is 0 Å². The highest BCUT2D eigenvalue weighted by Crippen LogP contribution is 2.27. The van der Waals surface area contributed by atoms with Crippen LogP contribution in [0.15, 0.2) is 12.3 Å². The highest BCUT2D eigenvalue weighted by molar-refractivity contribution is 5.81. The molecule has 0 aliphatic carbocycles. The van der Waals surface area contributed by atoms with Gasteiger partial charge in [0.05, 0.1) is 10.9 Å². The van der Waals surface area contributed by atoms with Gasteiger partial charge in [-0.25, -0.2) is 13.5 Å². The van der Waals surface area contributed by atoms with Crippen molar-refractivity contribution in [2.24, 2.45) is 0 Å². The van der Waals surface area contributed by atoms with Gasteiger partial charge in [-0.1, -0.05) is 18.8 Å². The fourth-order valence-corrected chi connectivity index (χ4v) is 2.49. The number of nitrogens with zero attached hydrogens (tertiary/aromatic N) is 2. The quantitative estimate of drug-likeness (QED) is 0.747. The number of fused-ring (bicyclic) bond motifs is 1. The summed E-state index contributed by atoms with van der Waals surface area (Å²) >= 11 is 0. The predicted octanol–water partition coefficient (Wildman–Crippen LogP) is 3.78. The zero-order valence-corrected chi connectivity index (χ0v) is 11.8. The average molecular weight is 290 g/mol. The lowest BCUT2D eigenvalue weighted by Crippen LogP contribution is -2.18. The van der Waals surface area contributed by atoms with Crippen LogP contribution in [-0.4, -0.2) is 16.4 Å². The van der Waals surface area contributed by atoms with E-state index in [2.05, 4.69) is 16.9 Å². The summed E-state index contributed by atoms with van der Waals surface area (Å²) in [6.07, 6.45) is 4.71. The van der Waals surface area contributed by atoms with Gasteiger partial charge >= 0.3 is 0 Å². The number of benzene rings is 1. The smallest absolute Gasteiger partial charge is 0.152 e. The van der Waals surface area contributed by atoms with Crippen LogP contribution in [0, 0.1) is 23.5 Å². The fourth-order valence-electron chi connectivity index (χ4n) is 2.49. The summed E-state index contributed by atoms with van der Waals surface area (Å²) in [4.78, 5) is 0. The van der Waals surface area contributed by atoms with Crippen molar-refractivity contribution >= 4 is 10.9 Å². The number of ether oxygens (including phenoxy) is 1. The maximum absolute atomic E-state index is 14.4. The van der Waals surface area contributed by atoms with Crippen LogP contribution in [0.4, 0.5) is 8.78 Å². The van der Waals surface area contributed by atoms with E-state index in [1.165, 1.54) is 10.9 Å². The molecule has 21 heavy (non-hydrogen) atoms. The van der Waals surface area contributed by atoms with Gasteiger partial charge < -0.3 is 4.74 Å². The zero-order valence-electron chi connectivity index (χ0n) is 11.8. The molecular weight excluding hydrogens is 274 g/mol. The normalized spacial score (nSPS) is 18.5. The Morgan fingerprint density at radius 3 is 3.00 bits per heavy atom. The summed E-state index contributed by atoms with van der Waals surface area (Å²) in [6.45, 7) is 2.51. The second-order valence-corrected chi connectivity index (χ2v) is 5.07. The van der Waals surface area contributed by atoms with E-state index in [1.807, 2.05) is 6.92 Å². The van der Waals surface area contributed by atoms with E-state index in [-0.39, 0.29) is 22.7 Å². The Kier molecular flexibility index (Phi) is 3.89. The van der Waals surface area contributed by atoms with Gasteiger partial charge in [0, 0.05) is 19.2 Å². The number of aromatic nitrogens is 2. The van der Waals surface area contributed by atoms with Gasteiger partial charge in [-0.15, -0.1) is 0 Å². The molecule has 3 nitrogen and oxygen atoms in total. The van der Waals surface area contributed by atoms with Gasteiger partial charge in [0.1, 0.15) is 17.6 Å². The molecule has 0 bridgehead atoms. The predicted molar refractivity (Wildman–Crippen MR) is 75.7 cm³/mol. The monoisotopic (exact) mass is 290 g/mol. The van der Waals surface area contributed by atoms with Crippen LogP contribution in [0.5, 0.6) is 0 Å². The molecular formula is C16H16F2N2O. The molecule has 0 amide bonds. The van der Waals surface area contributed by atoms with Crippen molar-refractivity contribution in [3.05, 3.63) is 29.5 Å². The molecule has 110 valence electrons. The largest absolute Gasteiger partial charge is 0.357 e. The third-order valence-corrected chi connectivity index (χ3v) is 3.55. The first kappa shape index (κ1) is 14.0. The molecule has 5 heteroatoms. The third kappa shape index (κ3) is 2.64. The van der Waals surface area contributed by atoms with Crippen molar-refractivity contribution in [2.45, 2.75) is 38.8 Å². The standard InChI is InChI=1S/C16H16F2N2O/c1-2-3-6-11-9-13(17)16-12(15(11)18)10-20(19-16)14-7-4-5-8-21-14/h9-10,14H,2,4-5,7-8H2,1H3.